The van der Waals surface area contributed by atoms with Gasteiger partial charge in [0, 0.05) is 18.3 Å². The number of para-hydroxylation sites is 1. The third kappa shape index (κ3) is 4.82. The third-order valence-electron chi connectivity index (χ3n) is 4.01. The number of rotatable bonds is 5. The molecule has 1 aliphatic rings. The minimum Gasteiger partial charge on any atom is -0.483 e. The summed E-state index contributed by atoms with van der Waals surface area (Å²) in [6.07, 6.45) is 1.38. The van der Waals surface area contributed by atoms with Crippen molar-refractivity contribution in [3.8, 4) is 5.75 Å². The highest BCUT2D eigenvalue weighted by Crippen LogP contribution is 2.23. The molecule has 2 aromatic rings. The third-order valence-corrected chi connectivity index (χ3v) is 4.39. The first-order valence-electron chi connectivity index (χ1n) is 8.47. The first kappa shape index (κ1) is 20.2. The lowest BCUT2D eigenvalue weighted by atomic mass is 10.1. The van der Waals surface area contributed by atoms with Gasteiger partial charge in [-0.05, 0) is 48.6 Å². The number of halogens is 1. The maximum Gasteiger partial charge on any atom is 0.265 e. The Bertz CT molecular complexity index is 1020. The molecule has 1 heterocycles. The van der Waals surface area contributed by atoms with Gasteiger partial charge >= 0.3 is 0 Å². The van der Waals surface area contributed by atoms with Crippen LogP contribution in [0.15, 0.2) is 54.1 Å². The van der Waals surface area contributed by atoms with Crippen molar-refractivity contribution in [3.63, 3.8) is 0 Å². The largest absolute Gasteiger partial charge is 0.483 e. The first-order chi connectivity index (χ1) is 13.8. The maximum atomic E-state index is 12.9. The van der Waals surface area contributed by atoms with Crippen molar-refractivity contribution in [2.24, 2.45) is 0 Å². The summed E-state index contributed by atoms with van der Waals surface area (Å²) < 4.78 is 18.5. The zero-order valence-corrected chi connectivity index (χ0v) is 16.1. The molecule has 148 valence electrons. The fraction of sp³-hybridized carbons (Fsp3) is 0.100. The van der Waals surface area contributed by atoms with E-state index in [1.165, 1.54) is 37.4 Å². The second kappa shape index (κ2) is 8.61. The monoisotopic (exact) mass is 413 g/mol. The van der Waals surface area contributed by atoms with Crippen LogP contribution in [0.2, 0.25) is 0 Å². The van der Waals surface area contributed by atoms with Crippen molar-refractivity contribution < 1.29 is 23.5 Å². The Balaban J connectivity index is 1.73. The Kier molecular flexibility index (Phi) is 5.99. The van der Waals surface area contributed by atoms with E-state index in [4.69, 9.17) is 17.0 Å². The number of benzene rings is 2. The Morgan fingerprint density at radius 2 is 1.90 bits per heavy atom. The van der Waals surface area contributed by atoms with Crippen LogP contribution in [0, 0.1) is 5.82 Å². The zero-order valence-electron chi connectivity index (χ0n) is 15.3. The summed E-state index contributed by atoms with van der Waals surface area (Å²) >= 11 is 4.91. The Morgan fingerprint density at radius 3 is 2.62 bits per heavy atom. The topological polar surface area (TPSA) is 87.7 Å². The van der Waals surface area contributed by atoms with Gasteiger partial charge in [-0.25, -0.2) is 4.39 Å². The molecule has 2 aromatic carbocycles. The molecule has 9 heteroatoms. The highest BCUT2D eigenvalue weighted by atomic mass is 32.1. The number of carbonyl (C=O) groups excluding carboxylic acids is 3. The van der Waals surface area contributed by atoms with Gasteiger partial charge in [-0.1, -0.05) is 18.2 Å². The van der Waals surface area contributed by atoms with Crippen LogP contribution in [0.1, 0.15) is 5.56 Å². The SMILES string of the molecule is CN1C(=O)/C(=C/c2ccccc2OCC(=O)Nc2ccc(F)cc2)C(=O)NC1=S. The molecule has 7 nitrogen and oxygen atoms in total. The summed E-state index contributed by atoms with van der Waals surface area (Å²) in [5.41, 5.74) is 0.772. The summed E-state index contributed by atoms with van der Waals surface area (Å²) in [6, 6.07) is 12.0. The molecule has 0 unspecified atom stereocenters. The fourth-order valence-electron chi connectivity index (χ4n) is 2.51. The Hall–Kier alpha value is -3.59. The molecule has 0 spiro atoms. The van der Waals surface area contributed by atoms with E-state index in [9.17, 15) is 18.8 Å². The number of hydrogen-bond donors (Lipinski definition) is 2. The minimum absolute atomic E-state index is 0.0270. The van der Waals surface area contributed by atoms with E-state index in [2.05, 4.69) is 10.6 Å². The second-order valence-electron chi connectivity index (χ2n) is 6.06. The van der Waals surface area contributed by atoms with Crippen LogP contribution in [-0.4, -0.2) is 41.4 Å². The summed E-state index contributed by atoms with van der Waals surface area (Å²) in [4.78, 5) is 37.7. The maximum absolute atomic E-state index is 12.9. The van der Waals surface area contributed by atoms with Crippen LogP contribution < -0.4 is 15.4 Å². The van der Waals surface area contributed by atoms with Gasteiger partial charge in [0.25, 0.3) is 17.7 Å². The van der Waals surface area contributed by atoms with Crippen LogP contribution in [0.3, 0.4) is 0 Å². The van der Waals surface area contributed by atoms with Gasteiger partial charge in [0.05, 0.1) is 0 Å². The molecule has 3 rings (SSSR count). The van der Waals surface area contributed by atoms with E-state index in [0.29, 0.717) is 17.0 Å². The van der Waals surface area contributed by atoms with Crippen LogP contribution in [0.25, 0.3) is 6.08 Å². The molecular weight excluding hydrogens is 397 g/mol. The number of likely N-dealkylation sites (N-methyl/N-ethyl adjacent to an activating group) is 1. The number of hydrogen-bond acceptors (Lipinski definition) is 5. The molecule has 0 aliphatic carbocycles. The van der Waals surface area contributed by atoms with Gasteiger partial charge in [-0.3, -0.25) is 24.6 Å². The zero-order chi connectivity index (χ0) is 21.0. The van der Waals surface area contributed by atoms with Gasteiger partial charge < -0.3 is 10.1 Å². The van der Waals surface area contributed by atoms with Gasteiger partial charge in [-0.2, -0.15) is 0 Å². The number of thiocarbonyl (C=S) groups is 1. The lowest BCUT2D eigenvalue weighted by Gasteiger charge is -2.25. The van der Waals surface area contributed by atoms with Gasteiger partial charge in [0.1, 0.15) is 17.1 Å². The summed E-state index contributed by atoms with van der Waals surface area (Å²) in [7, 11) is 1.46. The van der Waals surface area contributed by atoms with Crippen LogP contribution >= 0.6 is 12.2 Å². The van der Waals surface area contributed by atoms with Gasteiger partial charge in [0.15, 0.2) is 11.7 Å². The van der Waals surface area contributed by atoms with Gasteiger partial charge in [-0.15, -0.1) is 0 Å². The van der Waals surface area contributed by atoms with E-state index in [1.807, 2.05) is 0 Å². The lowest BCUT2D eigenvalue weighted by molar-refractivity contribution is -0.128. The van der Waals surface area contributed by atoms with E-state index >= 15 is 0 Å². The van der Waals surface area contributed by atoms with Crippen molar-refractivity contribution in [1.82, 2.24) is 10.2 Å². The molecule has 0 atom stereocenters. The molecule has 3 amide bonds. The highest BCUT2D eigenvalue weighted by molar-refractivity contribution is 7.80. The number of nitrogens with zero attached hydrogens (tertiary/aromatic N) is 1. The molecule has 1 fully saturated rings. The molecule has 0 aromatic heterocycles. The molecule has 1 aliphatic heterocycles. The Morgan fingerprint density at radius 1 is 1.21 bits per heavy atom. The van der Waals surface area contributed by atoms with Crippen LogP contribution in [-0.2, 0) is 14.4 Å². The number of ether oxygens (including phenoxy) is 1. The minimum atomic E-state index is -0.609. The second-order valence-corrected chi connectivity index (χ2v) is 6.45. The molecule has 29 heavy (non-hydrogen) atoms. The standard InChI is InChI=1S/C20H16FN3O4S/c1-24-19(27)15(18(26)23-20(24)29)10-12-4-2-3-5-16(12)28-11-17(25)22-14-8-6-13(21)7-9-14/h2-10H,11H2,1H3,(H,22,25)(H,23,26,29)/b15-10+. The van der Waals surface area contributed by atoms with E-state index < -0.39 is 23.5 Å². The molecular formula is C20H16FN3O4S. The Labute approximate surface area is 171 Å². The molecule has 0 radical (unpaired) electrons. The van der Waals surface area contributed by atoms with E-state index in [1.54, 1.807) is 24.3 Å². The molecule has 1 saturated heterocycles. The van der Waals surface area contributed by atoms with Crippen molar-refractivity contribution >= 4 is 46.8 Å². The lowest BCUT2D eigenvalue weighted by Crippen LogP contribution is -2.52. The predicted octanol–water partition coefficient (Wildman–Crippen LogP) is 2.10. The first-order valence-corrected chi connectivity index (χ1v) is 8.88. The van der Waals surface area contributed by atoms with Crippen LogP contribution in [0.4, 0.5) is 10.1 Å². The fourth-order valence-corrected chi connectivity index (χ4v) is 2.68. The number of nitrogens with one attached hydrogen (secondary N) is 2. The van der Waals surface area contributed by atoms with E-state index in [0.717, 1.165) is 4.90 Å². The van der Waals surface area contributed by atoms with Crippen LogP contribution in [0.5, 0.6) is 5.75 Å². The predicted molar refractivity (Wildman–Crippen MR) is 108 cm³/mol. The smallest absolute Gasteiger partial charge is 0.265 e. The number of amides is 3. The average Bonchev–Trinajstić information content (AvgIpc) is 2.70. The van der Waals surface area contributed by atoms with Crippen molar-refractivity contribution in [2.45, 2.75) is 0 Å². The van der Waals surface area contributed by atoms with Crippen molar-refractivity contribution in [2.75, 3.05) is 19.0 Å². The summed E-state index contributed by atoms with van der Waals surface area (Å²) in [6.45, 7) is -0.318. The molecule has 0 bridgehead atoms. The molecule has 0 saturated carbocycles. The average molecular weight is 413 g/mol. The van der Waals surface area contributed by atoms with E-state index in [-0.39, 0.29) is 17.3 Å². The number of carbonyl (C=O) groups is 3. The van der Waals surface area contributed by atoms with Crippen molar-refractivity contribution in [3.05, 3.63) is 65.5 Å². The molecule has 2 N–H and O–H groups in total. The van der Waals surface area contributed by atoms with Gasteiger partial charge in [0.2, 0.25) is 0 Å². The number of anilines is 1. The normalized spacial score (nSPS) is 15.3. The summed E-state index contributed by atoms with van der Waals surface area (Å²) in [5.74, 6) is -1.69. The van der Waals surface area contributed by atoms with Crippen molar-refractivity contribution in [1.29, 1.82) is 0 Å². The quantitative estimate of drug-likeness (QED) is 0.445. The highest BCUT2D eigenvalue weighted by Gasteiger charge is 2.31. The summed E-state index contributed by atoms with van der Waals surface area (Å²) in [5, 5.41) is 5.04.